The average Bonchev–Trinajstić information content (AvgIpc) is 3.01. The second kappa shape index (κ2) is 5.93. The number of hydrogen-bond acceptors (Lipinski definition) is 5. The number of thiazole rings is 1. The first-order chi connectivity index (χ1) is 9.26. The van der Waals surface area contributed by atoms with Crippen LogP contribution in [0.1, 0.15) is 10.1 Å². The molecule has 19 heavy (non-hydrogen) atoms. The Morgan fingerprint density at radius 3 is 2.89 bits per heavy atom. The van der Waals surface area contributed by atoms with Crippen LogP contribution in [0, 0.1) is 0 Å². The number of para-hydroxylation sites is 1. The molecule has 0 amide bonds. The molecular formula is C13H11BrN2S3. The van der Waals surface area contributed by atoms with E-state index in [-0.39, 0.29) is 5.25 Å². The fourth-order valence-corrected chi connectivity index (χ4v) is 5.67. The third-order valence-corrected chi connectivity index (χ3v) is 6.99. The Balaban J connectivity index is 1.86. The predicted molar refractivity (Wildman–Crippen MR) is 89.3 cm³/mol. The number of aromatic nitrogens is 1. The van der Waals surface area contributed by atoms with Gasteiger partial charge in [-0.2, -0.15) is 0 Å². The van der Waals surface area contributed by atoms with Gasteiger partial charge in [0.25, 0.3) is 0 Å². The third kappa shape index (κ3) is 3.03. The van der Waals surface area contributed by atoms with Crippen LogP contribution in [-0.4, -0.2) is 11.5 Å². The Morgan fingerprint density at radius 2 is 2.21 bits per heavy atom. The lowest BCUT2D eigenvalue weighted by Gasteiger charge is -2.09. The molecule has 6 heteroatoms. The zero-order valence-electron chi connectivity index (χ0n) is 9.88. The first-order valence-corrected chi connectivity index (χ1v) is 9.09. The Morgan fingerprint density at radius 1 is 1.37 bits per heavy atom. The first-order valence-electron chi connectivity index (χ1n) is 5.72. The zero-order chi connectivity index (χ0) is 13.2. The molecule has 3 rings (SSSR count). The lowest BCUT2D eigenvalue weighted by molar-refractivity contribution is 0.958. The summed E-state index contributed by atoms with van der Waals surface area (Å²) in [6.07, 6.45) is 0. The molecule has 0 aliphatic rings. The van der Waals surface area contributed by atoms with Crippen LogP contribution in [0.3, 0.4) is 0 Å². The van der Waals surface area contributed by atoms with Gasteiger partial charge in [0, 0.05) is 21.3 Å². The Kier molecular flexibility index (Phi) is 4.24. The number of thiophene rings is 1. The summed E-state index contributed by atoms with van der Waals surface area (Å²) >= 11 is 8.71. The van der Waals surface area contributed by atoms with E-state index in [4.69, 9.17) is 5.73 Å². The van der Waals surface area contributed by atoms with Gasteiger partial charge in [0.1, 0.15) is 0 Å². The summed E-state index contributed by atoms with van der Waals surface area (Å²) < 4.78 is 3.44. The molecule has 2 nitrogen and oxygen atoms in total. The molecule has 0 aliphatic heterocycles. The van der Waals surface area contributed by atoms with Crippen LogP contribution < -0.4 is 5.73 Å². The highest BCUT2D eigenvalue weighted by molar-refractivity contribution is 9.10. The van der Waals surface area contributed by atoms with Crippen molar-refractivity contribution in [3.05, 3.63) is 45.1 Å². The lowest BCUT2D eigenvalue weighted by Crippen LogP contribution is -2.07. The fourth-order valence-electron chi connectivity index (χ4n) is 1.74. The SMILES string of the molecule is NCC(Sc1nc2ccccc2s1)c1cc(Br)cs1. The summed E-state index contributed by atoms with van der Waals surface area (Å²) in [5.74, 6) is 0. The number of halogens is 1. The van der Waals surface area contributed by atoms with E-state index < -0.39 is 0 Å². The van der Waals surface area contributed by atoms with Crippen molar-refractivity contribution in [1.29, 1.82) is 0 Å². The molecule has 1 unspecified atom stereocenters. The van der Waals surface area contributed by atoms with Crippen molar-refractivity contribution >= 4 is 60.6 Å². The minimum Gasteiger partial charge on any atom is -0.329 e. The third-order valence-electron chi connectivity index (χ3n) is 2.64. The van der Waals surface area contributed by atoms with Gasteiger partial charge in [0.05, 0.1) is 15.5 Å². The van der Waals surface area contributed by atoms with Crippen molar-refractivity contribution in [3.8, 4) is 0 Å². The molecule has 0 aliphatic carbocycles. The maximum Gasteiger partial charge on any atom is 0.151 e. The smallest absolute Gasteiger partial charge is 0.151 e. The van der Waals surface area contributed by atoms with Gasteiger partial charge >= 0.3 is 0 Å². The fraction of sp³-hybridized carbons (Fsp3) is 0.154. The first kappa shape index (κ1) is 13.6. The second-order valence-electron chi connectivity index (χ2n) is 3.96. The van der Waals surface area contributed by atoms with E-state index in [1.54, 1.807) is 34.4 Å². The quantitative estimate of drug-likeness (QED) is 0.662. The molecule has 3 aromatic rings. The van der Waals surface area contributed by atoms with Crippen LogP contribution in [0.5, 0.6) is 0 Å². The molecule has 0 radical (unpaired) electrons. The molecule has 1 aromatic carbocycles. The topological polar surface area (TPSA) is 38.9 Å². The number of benzene rings is 1. The molecule has 1 atom stereocenters. The highest BCUT2D eigenvalue weighted by Gasteiger charge is 2.16. The number of hydrogen-bond donors (Lipinski definition) is 1. The minimum absolute atomic E-state index is 0.275. The second-order valence-corrected chi connectivity index (χ2v) is 8.30. The van der Waals surface area contributed by atoms with Gasteiger partial charge in [0.2, 0.25) is 0 Å². The Hall–Kier alpha value is -0.400. The number of fused-ring (bicyclic) bond motifs is 1. The van der Waals surface area contributed by atoms with Crippen LogP contribution >= 0.6 is 50.4 Å². The van der Waals surface area contributed by atoms with E-state index in [0.29, 0.717) is 6.54 Å². The normalized spacial score (nSPS) is 12.9. The van der Waals surface area contributed by atoms with Crippen molar-refractivity contribution in [2.75, 3.05) is 6.54 Å². The molecule has 2 heterocycles. The number of nitrogens with two attached hydrogens (primary N) is 1. The molecule has 0 bridgehead atoms. The van der Waals surface area contributed by atoms with Gasteiger partial charge in [-0.3, -0.25) is 0 Å². The molecule has 0 spiro atoms. The number of rotatable bonds is 4. The van der Waals surface area contributed by atoms with Crippen molar-refractivity contribution in [2.24, 2.45) is 5.73 Å². The van der Waals surface area contributed by atoms with E-state index in [1.165, 1.54) is 9.58 Å². The molecular weight excluding hydrogens is 360 g/mol. The van der Waals surface area contributed by atoms with Crippen LogP contribution in [0.25, 0.3) is 10.2 Å². The van der Waals surface area contributed by atoms with Gasteiger partial charge in [-0.15, -0.1) is 22.7 Å². The molecule has 0 saturated heterocycles. The molecule has 0 fully saturated rings. The van der Waals surface area contributed by atoms with Crippen molar-refractivity contribution < 1.29 is 0 Å². The number of nitrogens with zero attached hydrogens (tertiary/aromatic N) is 1. The van der Waals surface area contributed by atoms with Gasteiger partial charge in [-0.1, -0.05) is 23.9 Å². The van der Waals surface area contributed by atoms with Crippen LogP contribution in [-0.2, 0) is 0 Å². The highest BCUT2D eigenvalue weighted by Crippen LogP contribution is 2.41. The summed E-state index contributed by atoms with van der Waals surface area (Å²) in [6, 6.07) is 10.4. The molecule has 2 aromatic heterocycles. The molecule has 98 valence electrons. The predicted octanol–water partition coefficient (Wildman–Crippen LogP) is 4.91. The van der Waals surface area contributed by atoms with Crippen molar-refractivity contribution in [1.82, 2.24) is 4.98 Å². The van der Waals surface area contributed by atoms with Gasteiger partial charge in [0.15, 0.2) is 4.34 Å². The van der Waals surface area contributed by atoms with E-state index in [0.717, 1.165) is 14.3 Å². The standard InChI is InChI=1S/C13H11BrN2S3/c14-8-5-11(17-7-8)12(6-15)19-13-16-9-3-1-2-4-10(9)18-13/h1-5,7,12H,6,15H2. The van der Waals surface area contributed by atoms with Gasteiger partial charge in [-0.05, 0) is 34.1 Å². The van der Waals surface area contributed by atoms with Crippen LogP contribution in [0.15, 0.2) is 44.5 Å². The van der Waals surface area contributed by atoms with Gasteiger partial charge in [-0.25, -0.2) is 4.98 Å². The monoisotopic (exact) mass is 370 g/mol. The van der Waals surface area contributed by atoms with Crippen molar-refractivity contribution in [3.63, 3.8) is 0 Å². The zero-order valence-corrected chi connectivity index (χ0v) is 13.9. The van der Waals surface area contributed by atoms with Crippen LogP contribution in [0.4, 0.5) is 0 Å². The van der Waals surface area contributed by atoms with E-state index in [2.05, 4.69) is 44.5 Å². The van der Waals surface area contributed by atoms with E-state index in [9.17, 15) is 0 Å². The summed E-state index contributed by atoms with van der Waals surface area (Å²) in [6.45, 7) is 0.619. The van der Waals surface area contributed by atoms with Crippen LogP contribution in [0.2, 0.25) is 0 Å². The average molecular weight is 371 g/mol. The summed E-state index contributed by atoms with van der Waals surface area (Å²) in [5.41, 5.74) is 6.97. The largest absolute Gasteiger partial charge is 0.329 e. The summed E-state index contributed by atoms with van der Waals surface area (Å²) in [4.78, 5) is 5.94. The van der Waals surface area contributed by atoms with Gasteiger partial charge < -0.3 is 5.73 Å². The Labute approximate surface area is 132 Å². The van der Waals surface area contributed by atoms with E-state index >= 15 is 0 Å². The highest BCUT2D eigenvalue weighted by atomic mass is 79.9. The number of thioether (sulfide) groups is 1. The molecule has 0 saturated carbocycles. The Bertz CT molecular complexity index is 659. The lowest BCUT2D eigenvalue weighted by atomic mass is 10.3. The summed E-state index contributed by atoms with van der Waals surface area (Å²) in [5, 5.41) is 2.37. The summed E-state index contributed by atoms with van der Waals surface area (Å²) in [7, 11) is 0. The van der Waals surface area contributed by atoms with Crippen molar-refractivity contribution in [2.45, 2.75) is 9.59 Å². The maximum atomic E-state index is 5.90. The van der Waals surface area contributed by atoms with E-state index in [1.807, 2.05) is 12.1 Å². The minimum atomic E-state index is 0.275. The molecule has 2 N–H and O–H groups in total. The maximum absolute atomic E-state index is 5.90.